The van der Waals surface area contributed by atoms with Gasteiger partial charge in [-0.15, -0.1) is 22.7 Å². The van der Waals surface area contributed by atoms with E-state index in [-0.39, 0.29) is 12.5 Å². The quantitative estimate of drug-likeness (QED) is 0.530. The fraction of sp³-hybridized carbons (Fsp3) is 0.364. The van der Waals surface area contributed by atoms with Crippen LogP contribution in [0, 0.1) is 11.3 Å². The van der Waals surface area contributed by atoms with E-state index in [0.717, 1.165) is 39.4 Å². The summed E-state index contributed by atoms with van der Waals surface area (Å²) in [6.07, 6.45) is 4.26. The van der Waals surface area contributed by atoms with Crippen LogP contribution in [0.1, 0.15) is 41.8 Å². The highest BCUT2D eigenvalue weighted by Gasteiger charge is 2.39. The molecule has 0 bridgehead atoms. The number of likely N-dealkylation sites (N-methyl/N-ethyl adjacent to an activating group) is 1. The van der Waals surface area contributed by atoms with Crippen molar-refractivity contribution in [1.29, 1.82) is 5.26 Å². The summed E-state index contributed by atoms with van der Waals surface area (Å²) in [7, 11) is 1.63. The van der Waals surface area contributed by atoms with Crippen LogP contribution in [0.3, 0.4) is 0 Å². The van der Waals surface area contributed by atoms with Crippen LogP contribution in [0.2, 0.25) is 0 Å². The molecular weight excluding hydrogens is 418 g/mol. The maximum atomic E-state index is 12.6. The first-order chi connectivity index (χ1) is 14.5. The Bertz CT molecular complexity index is 1090. The van der Waals surface area contributed by atoms with E-state index >= 15 is 0 Å². The van der Waals surface area contributed by atoms with Crippen LogP contribution in [0.25, 0.3) is 20.1 Å². The number of para-hydroxylation sites is 1. The van der Waals surface area contributed by atoms with Crippen LogP contribution in [0.5, 0.6) is 0 Å². The fourth-order valence-corrected chi connectivity index (χ4v) is 5.65. The lowest BCUT2D eigenvalue weighted by atomic mass is 9.81. The maximum Gasteiger partial charge on any atom is 0.348 e. The highest BCUT2D eigenvalue weighted by molar-refractivity contribution is 7.26. The van der Waals surface area contributed by atoms with Crippen LogP contribution in [-0.2, 0) is 9.53 Å². The SMILES string of the molecule is CN(C(=O)COC(=O)c1ccc(-c2nc3ccccc3s2)s1)C1(C#N)CCCCC1. The predicted octanol–water partition coefficient (Wildman–Crippen LogP) is 4.87. The van der Waals surface area contributed by atoms with Crippen molar-refractivity contribution in [1.82, 2.24) is 9.88 Å². The van der Waals surface area contributed by atoms with Crippen LogP contribution >= 0.6 is 22.7 Å². The van der Waals surface area contributed by atoms with Crippen molar-refractivity contribution in [2.75, 3.05) is 13.7 Å². The number of thiophene rings is 1. The van der Waals surface area contributed by atoms with Gasteiger partial charge >= 0.3 is 5.97 Å². The number of rotatable bonds is 5. The molecular formula is C22H21N3O3S2. The van der Waals surface area contributed by atoms with Crippen molar-refractivity contribution in [3.63, 3.8) is 0 Å². The number of nitrogens with zero attached hydrogens (tertiary/aromatic N) is 3. The molecule has 1 fully saturated rings. The monoisotopic (exact) mass is 439 g/mol. The number of carbonyl (C=O) groups is 2. The number of benzene rings is 1. The minimum atomic E-state index is -0.787. The van der Waals surface area contributed by atoms with E-state index in [1.165, 1.54) is 16.2 Å². The lowest BCUT2D eigenvalue weighted by molar-refractivity contribution is -0.138. The molecule has 1 saturated carbocycles. The lowest BCUT2D eigenvalue weighted by Gasteiger charge is -2.38. The summed E-state index contributed by atoms with van der Waals surface area (Å²) in [6, 6.07) is 13.7. The van der Waals surface area contributed by atoms with Gasteiger partial charge in [-0.1, -0.05) is 31.4 Å². The zero-order valence-electron chi connectivity index (χ0n) is 16.6. The summed E-state index contributed by atoms with van der Waals surface area (Å²) in [4.78, 5) is 32.4. The number of ether oxygens (including phenoxy) is 1. The molecule has 0 saturated heterocycles. The third-order valence-corrected chi connectivity index (χ3v) is 7.81. The van der Waals surface area contributed by atoms with Crippen LogP contribution in [0.4, 0.5) is 0 Å². The van der Waals surface area contributed by atoms with Gasteiger partial charge in [0.1, 0.15) is 15.4 Å². The average Bonchev–Trinajstić information content (AvgIpc) is 3.44. The summed E-state index contributed by atoms with van der Waals surface area (Å²) in [5, 5.41) is 10.5. The molecule has 0 N–H and O–H groups in total. The zero-order valence-corrected chi connectivity index (χ0v) is 18.2. The van der Waals surface area contributed by atoms with E-state index in [2.05, 4.69) is 11.1 Å². The number of fused-ring (bicyclic) bond motifs is 1. The summed E-state index contributed by atoms with van der Waals surface area (Å²) in [5.74, 6) is -0.890. The van der Waals surface area contributed by atoms with Gasteiger partial charge in [0.2, 0.25) is 0 Å². The van der Waals surface area contributed by atoms with E-state index in [4.69, 9.17) is 4.74 Å². The van der Waals surface area contributed by atoms with Crippen molar-refractivity contribution in [3.8, 4) is 16.0 Å². The van der Waals surface area contributed by atoms with Crippen LogP contribution in [-0.4, -0.2) is 41.0 Å². The topological polar surface area (TPSA) is 83.3 Å². The molecule has 6 nitrogen and oxygen atoms in total. The van der Waals surface area contributed by atoms with Gasteiger partial charge in [-0.25, -0.2) is 9.78 Å². The molecule has 1 aromatic carbocycles. The van der Waals surface area contributed by atoms with E-state index in [0.29, 0.717) is 17.7 Å². The van der Waals surface area contributed by atoms with E-state index < -0.39 is 11.5 Å². The summed E-state index contributed by atoms with van der Waals surface area (Å²) in [5.41, 5.74) is 0.141. The Balaban J connectivity index is 1.40. The van der Waals surface area contributed by atoms with Gasteiger partial charge in [-0.3, -0.25) is 4.79 Å². The zero-order chi connectivity index (χ0) is 21.1. The molecule has 1 amide bonds. The summed E-state index contributed by atoms with van der Waals surface area (Å²) >= 11 is 2.87. The van der Waals surface area contributed by atoms with Crippen molar-refractivity contribution in [2.24, 2.45) is 0 Å². The van der Waals surface area contributed by atoms with Gasteiger partial charge in [0, 0.05) is 7.05 Å². The highest BCUT2D eigenvalue weighted by atomic mass is 32.1. The Morgan fingerprint density at radius 2 is 1.93 bits per heavy atom. The minimum Gasteiger partial charge on any atom is -0.451 e. The Kier molecular flexibility index (Phi) is 5.84. The summed E-state index contributed by atoms with van der Waals surface area (Å²) < 4.78 is 6.34. The second-order valence-electron chi connectivity index (χ2n) is 7.38. The molecule has 8 heteroatoms. The Morgan fingerprint density at radius 3 is 2.67 bits per heavy atom. The molecule has 0 radical (unpaired) electrons. The molecule has 0 aliphatic heterocycles. The first-order valence-corrected chi connectivity index (χ1v) is 11.5. The van der Waals surface area contributed by atoms with Gasteiger partial charge in [-0.2, -0.15) is 5.26 Å². The van der Waals surface area contributed by atoms with Gasteiger partial charge < -0.3 is 9.64 Å². The van der Waals surface area contributed by atoms with E-state index in [9.17, 15) is 14.9 Å². The van der Waals surface area contributed by atoms with Crippen molar-refractivity contribution in [2.45, 2.75) is 37.6 Å². The minimum absolute atomic E-state index is 0.352. The third-order valence-electron chi connectivity index (χ3n) is 5.54. The molecule has 2 aromatic heterocycles. The van der Waals surface area contributed by atoms with E-state index in [1.54, 1.807) is 24.5 Å². The van der Waals surface area contributed by atoms with Crippen molar-refractivity contribution in [3.05, 3.63) is 41.3 Å². The second-order valence-corrected chi connectivity index (χ2v) is 9.50. The summed E-state index contributed by atoms with van der Waals surface area (Å²) in [6.45, 7) is -0.368. The van der Waals surface area contributed by atoms with Gasteiger partial charge in [0.15, 0.2) is 6.61 Å². The predicted molar refractivity (Wildman–Crippen MR) is 117 cm³/mol. The molecule has 154 valence electrons. The van der Waals surface area contributed by atoms with Crippen molar-refractivity contribution >= 4 is 44.8 Å². The van der Waals surface area contributed by atoms with Crippen molar-refractivity contribution < 1.29 is 14.3 Å². The third kappa shape index (κ3) is 3.95. The van der Waals surface area contributed by atoms with E-state index in [1.807, 2.05) is 30.3 Å². The molecule has 3 aromatic rings. The number of nitriles is 1. The standard InChI is InChI=1S/C22H21N3O3S2/c1-25(22(14-23)11-5-2-6-12-22)19(26)13-28-21(27)18-10-9-17(29-18)20-24-15-7-3-4-8-16(15)30-20/h3-4,7-10H,2,5-6,11-13H2,1H3. The number of hydrogen-bond donors (Lipinski definition) is 0. The number of carbonyl (C=O) groups excluding carboxylic acids is 2. The Morgan fingerprint density at radius 1 is 1.17 bits per heavy atom. The van der Waals surface area contributed by atoms with Crippen LogP contribution < -0.4 is 0 Å². The van der Waals surface area contributed by atoms with Crippen LogP contribution in [0.15, 0.2) is 36.4 Å². The normalized spacial score (nSPS) is 15.5. The number of amides is 1. The fourth-order valence-electron chi connectivity index (χ4n) is 3.73. The Labute approximate surface area is 182 Å². The smallest absolute Gasteiger partial charge is 0.348 e. The Hall–Kier alpha value is -2.76. The number of hydrogen-bond acceptors (Lipinski definition) is 7. The maximum absolute atomic E-state index is 12.6. The van der Waals surface area contributed by atoms with Gasteiger partial charge in [-0.05, 0) is 37.1 Å². The average molecular weight is 440 g/mol. The molecule has 2 heterocycles. The molecule has 1 aliphatic rings. The largest absolute Gasteiger partial charge is 0.451 e. The second kappa shape index (κ2) is 8.54. The first kappa shape index (κ1) is 20.5. The van der Waals surface area contributed by atoms with Gasteiger partial charge in [0.05, 0.1) is 21.2 Å². The number of thiazole rings is 1. The highest BCUT2D eigenvalue weighted by Crippen LogP contribution is 2.35. The number of aromatic nitrogens is 1. The molecule has 1 aliphatic carbocycles. The molecule has 0 atom stereocenters. The molecule has 0 spiro atoms. The van der Waals surface area contributed by atoms with Gasteiger partial charge in [0.25, 0.3) is 5.91 Å². The molecule has 30 heavy (non-hydrogen) atoms. The lowest BCUT2D eigenvalue weighted by Crippen LogP contribution is -2.51. The number of esters is 1. The first-order valence-electron chi connectivity index (χ1n) is 9.83. The molecule has 0 unspecified atom stereocenters. The molecule has 4 rings (SSSR count).